The number of ether oxygens (including phenoxy) is 2. The van der Waals surface area contributed by atoms with Gasteiger partial charge in [0.05, 0.1) is 11.2 Å². The summed E-state index contributed by atoms with van der Waals surface area (Å²) in [6, 6.07) is 0. The fourth-order valence-corrected chi connectivity index (χ4v) is 2.51. The van der Waals surface area contributed by atoms with Gasteiger partial charge in [0.15, 0.2) is 6.79 Å². The molecule has 1 fully saturated rings. The van der Waals surface area contributed by atoms with Gasteiger partial charge in [0.25, 0.3) is 0 Å². The monoisotopic (exact) mass is 284 g/mol. The second kappa shape index (κ2) is 5.44. The zero-order chi connectivity index (χ0) is 14.1. The molecule has 1 aromatic rings. The molecule has 0 amide bonds. The van der Waals surface area contributed by atoms with Gasteiger partial charge in [-0.25, -0.2) is 0 Å². The van der Waals surface area contributed by atoms with Crippen LogP contribution in [0, 0.1) is 0 Å². The van der Waals surface area contributed by atoms with Crippen LogP contribution in [0.25, 0.3) is 0 Å². The van der Waals surface area contributed by atoms with E-state index in [9.17, 15) is 0 Å². The van der Waals surface area contributed by atoms with Gasteiger partial charge in [0.1, 0.15) is 5.75 Å². The Hall–Kier alpha value is -0.555. The van der Waals surface area contributed by atoms with E-state index in [-0.39, 0.29) is 25.1 Å². The Labute approximate surface area is 119 Å². The van der Waals surface area contributed by atoms with E-state index < -0.39 is 0 Å². The van der Waals surface area contributed by atoms with Crippen molar-refractivity contribution in [3.63, 3.8) is 0 Å². The predicted octanol–water partition coefficient (Wildman–Crippen LogP) is 2.42. The van der Waals surface area contributed by atoms with Gasteiger partial charge in [-0.1, -0.05) is 0 Å². The second-order valence-electron chi connectivity index (χ2n) is 5.53. The van der Waals surface area contributed by atoms with Crippen LogP contribution in [0.1, 0.15) is 34.6 Å². The van der Waals surface area contributed by atoms with Crippen LogP contribution in [0.4, 0.5) is 0 Å². The molecule has 0 atom stereocenters. The quantitative estimate of drug-likeness (QED) is 0.473. The third-order valence-corrected chi connectivity index (χ3v) is 4.40. The van der Waals surface area contributed by atoms with Crippen molar-refractivity contribution in [1.29, 1.82) is 0 Å². The summed E-state index contributed by atoms with van der Waals surface area (Å²) in [5.41, 5.74) is 0.261. The summed E-state index contributed by atoms with van der Waals surface area (Å²) in [6.45, 7) is 11.0. The molecule has 1 aliphatic rings. The van der Waals surface area contributed by atoms with Crippen molar-refractivity contribution in [3.05, 3.63) is 10.8 Å². The molecule has 0 radical (unpaired) electrons. The van der Waals surface area contributed by atoms with Crippen molar-refractivity contribution < 1.29 is 18.8 Å². The highest BCUT2D eigenvalue weighted by Crippen LogP contribution is 2.37. The summed E-state index contributed by atoms with van der Waals surface area (Å²) in [5.74, 6) is 0.775. The molecule has 2 rings (SSSR count). The highest BCUT2D eigenvalue weighted by atomic mass is 32.1. The van der Waals surface area contributed by atoms with E-state index in [1.165, 1.54) is 0 Å². The zero-order valence-corrected chi connectivity index (χ0v) is 13.0. The highest BCUT2D eigenvalue weighted by molar-refractivity contribution is 7.09. The average molecular weight is 284 g/mol. The van der Waals surface area contributed by atoms with Gasteiger partial charge >= 0.3 is 7.12 Å². The number of hydrogen-bond donors (Lipinski definition) is 0. The fraction of sp³-hybridized carbons (Fsp3) is 0.692. The standard InChI is InChI=1S/C13H21BO4S/c1-6-15-9-16-11-8-19-7-10(11)14-17-12(2,3)13(4,5)18-14/h7-8H,6,9H2,1-5H3. The molecule has 19 heavy (non-hydrogen) atoms. The maximum Gasteiger partial charge on any atom is 0.499 e. The summed E-state index contributed by atoms with van der Waals surface area (Å²) in [4.78, 5) is 0. The molecule has 0 N–H and O–H groups in total. The van der Waals surface area contributed by atoms with E-state index >= 15 is 0 Å². The van der Waals surface area contributed by atoms with Crippen LogP contribution < -0.4 is 10.2 Å². The minimum Gasteiger partial charge on any atom is -0.467 e. The summed E-state index contributed by atoms with van der Waals surface area (Å²) < 4.78 is 22.8. The molecular formula is C13H21BO4S. The van der Waals surface area contributed by atoms with Crippen LogP contribution >= 0.6 is 11.3 Å². The molecule has 0 spiro atoms. The number of hydrogen-bond acceptors (Lipinski definition) is 5. The Kier molecular flexibility index (Phi) is 4.25. The van der Waals surface area contributed by atoms with Crippen LogP contribution in [0.3, 0.4) is 0 Å². The molecule has 6 heteroatoms. The molecule has 1 aromatic heterocycles. The Morgan fingerprint density at radius 2 is 1.79 bits per heavy atom. The van der Waals surface area contributed by atoms with Crippen molar-refractivity contribution in [1.82, 2.24) is 0 Å². The predicted molar refractivity (Wildman–Crippen MR) is 77.2 cm³/mol. The van der Waals surface area contributed by atoms with E-state index in [1.54, 1.807) is 11.3 Å². The number of thiophene rings is 1. The topological polar surface area (TPSA) is 36.9 Å². The summed E-state index contributed by atoms with van der Waals surface area (Å²) in [5, 5.41) is 3.95. The van der Waals surface area contributed by atoms with E-state index in [0.29, 0.717) is 6.61 Å². The van der Waals surface area contributed by atoms with Crippen LogP contribution in [-0.4, -0.2) is 31.7 Å². The zero-order valence-electron chi connectivity index (χ0n) is 12.2. The van der Waals surface area contributed by atoms with E-state index in [2.05, 4.69) is 0 Å². The summed E-state index contributed by atoms with van der Waals surface area (Å²) in [7, 11) is -0.382. The van der Waals surface area contributed by atoms with Crippen molar-refractivity contribution in [2.45, 2.75) is 45.8 Å². The Morgan fingerprint density at radius 3 is 2.37 bits per heavy atom. The molecule has 4 nitrogen and oxygen atoms in total. The molecule has 0 aromatic carbocycles. The van der Waals surface area contributed by atoms with Gasteiger partial charge < -0.3 is 18.8 Å². The Balaban J connectivity index is 2.10. The molecule has 1 saturated heterocycles. The van der Waals surface area contributed by atoms with Gasteiger partial charge in [-0.15, -0.1) is 11.3 Å². The van der Waals surface area contributed by atoms with Crippen molar-refractivity contribution in [2.75, 3.05) is 13.4 Å². The summed E-state index contributed by atoms with van der Waals surface area (Å²) >= 11 is 1.57. The Bertz CT molecular complexity index is 414. The lowest BCUT2D eigenvalue weighted by atomic mass is 9.81. The normalized spacial score (nSPS) is 20.8. The lowest BCUT2D eigenvalue weighted by Crippen LogP contribution is -2.41. The molecule has 1 aliphatic heterocycles. The first kappa shape index (κ1) is 14.8. The van der Waals surface area contributed by atoms with E-state index in [4.69, 9.17) is 18.8 Å². The lowest BCUT2D eigenvalue weighted by molar-refractivity contribution is 0.00578. The smallest absolute Gasteiger partial charge is 0.467 e. The third-order valence-electron chi connectivity index (χ3n) is 3.66. The molecule has 0 unspecified atom stereocenters. The largest absolute Gasteiger partial charge is 0.499 e. The minimum atomic E-state index is -0.382. The van der Waals surface area contributed by atoms with Gasteiger partial charge in [0.2, 0.25) is 0 Å². The van der Waals surface area contributed by atoms with E-state index in [1.807, 2.05) is 45.4 Å². The van der Waals surface area contributed by atoms with Crippen LogP contribution in [0.5, 0.6) is 5.75 Å². The molecule has 0 bridgehead atoms. The van der Waals surface area contributed by atoms with Gasteiger partial charge in [-0.05, 0) is 40.0 Å². The SMILES string of the molecule is CCOCOc1cscc1B1OC(C)(C)C(C)(C)O1. The van der Waals surface area contributed by atoms with Crippen molar-refractivity contribution in [2.24, 2.45) is 0 Å². The lowest BCUT2D eigenvalue weighted by Gasteiger charge is -2.32. The molecule has 106 valence electrons. The van der Waals surface area contributed by atoms with Gasteiger partial charge in [-0.3, -0.25) is 0 Å². The maximum atomic E-state index is 6.02. The molecular weight excluding hydrogens is 263 g/mol. The van der Waals surface area contributed by atoms with Crippen molar-refractivity contribution >= 4 is 23.9 Å². The molecule has 2 heterocycles. The Morgan fingerprint density at radius 1 is 1.16 bits per heavy atom. The first-order chi connectivity index (χ1) is 8.87. The second-order valence-corrected chi connectivity index (χ2v) is 6.28. The maximum absolute atomic E-state index is 6.02. The third kappa shape index (κ3) is 2.97. The van der Waals surface area contributed by atoms with Crippen LogP contribution in [-0.2, 0) is 14.0 Å². The summed E-state index contributed by atoms with van der Waals surface area (Å²) in [6.07, 6.45) is 0. The van der Waals surface area contributed by atoms with Crippen LogP contribution in [0.2, 0.25) is 0 Å². The van der Waals surface area contributed by atoms with Crippen molar-refractivity contribution in [3.8, 4) is 5.75 Å². The minimum absolute atomic E-state index is 0.250. The first-order valence-electron chi connectivity index (χ1n) is 6.49. The average Bonchev–Trinajstić information content (AvgIpc) is 2.83. The molecule has 0 saturated carbocycles. The fourth-order valence-electron chi connectivity index (χ4n) is 1.74. The van der Waals surface area contributed by atoms with Gasteiger partial charge in [0, 0.05) is 17.4 Å². The van der Waals surface area contributed by atoms with Crippen LogP contribution in [0.15, 0.2) is 10.8 Å². The highest BCUT2D eigenvalue weighted by Gasteiger charge is 2.52. The van der Waals surface area contributed by atoms with E-state index in [0.717, 1.165) is 11.2 Å². The first-order valence-corrected chi connectivity index (χ1v) is 7.44. The van der Waals surface area contributed by atoms with Gasteiger partial charge in [-0.2, -0.15) is 0 Å². The number of rotatable bonds is 5. The molecule has 0 aliphatic carbocycles.